The molecule has 0 aliphatic heterocycles. The number of nitrogens with zero attached hydrogens (tertiary/aromatic N) is 3. The van der Waals surface area contributed by atoms with Gasteiger partial charge in [-0.2, -0.15) is 0 Å². The molecule has 0 spiro atoms. The fraction of sp³-hybridized carbons (Fsp3) is 0.100. The zero-order valence-corrected chi connectivity index (χ0v) is 9.92. The fourth-order valence-electron chi connectivity index (χ4n) is 1.27. The molecule has 1 N–H and O–H groups in total. The Kier molecular flexibility index (Phi) is 3.22. The Morgan fingerprint density at radius 1 is 1.12 bits per heavy atom. The molecule has 2 heterocycles. The highest BCUT2D eigenvalue weighted by molar-refractivity contribution is 6.37. The van der Waals surface area contributed by atoms with E-state index in [1.54, 1.807) is 25.5 Å². The van der Waals surface area contributed by atoms with Gasteiger partial charge in [-0.05, 0) is 6.07 Å². The van der Waals surface area contributed by atoms with Crippen LogP contribution in [0.4, 0.5) is 5.82 Å². The van der Waals surface area contributed by atoms with E-state index in [9.17, 15) is 0 Å². The maximum absolute atomic E-state index is 6.06. The van der Waals surface area contributed by atoms with Crippen LogP contribution < -0.4 is 5.32 Å². The van der Waals surface area contributed by atoms with E-state index in [1.165, 1.54) is 6.33 Å². The topological polar surface area (TPSA) is 50.7 Å². The molecule has 2 rings (SSSR count). The number of rotatable bonds is 2. The lowest BCUT2D eigenvalue weighted by Crippen LogP contribution is -1.96. The molecule has 0 bridgehead atoms. The first-order valence-corrected chi connectivity index (χ1v) is 5.27. The van der Waals surface area contributed by atoms with Crippen LogP contribution in [0.15, 0.2) is 24.8 Å². The van der Waals surface area contributed by atoms with Crippen LogP contribution in [0.2, 0.25) is 10.0 Å². The fourth-order valence-corrected chi connectivity index (χ4v) is 1.83. The van der Waals surface area contributed by atoms with Crippen LogP contribution in [0.1, 0.15) is 0 Å². The maximum Gasteiger partial charge on any atom is 0.145 e. The van der Waals surface area contributed by atoms with Gasteiger partial charge < -0.3 is 5.32 Å². The molecular formula is C10H8Cl2N4. The Bertz CT molecular complexity index is 502. The second kappa shape index (κ2) is 4.63. The van der Waals surface area contributed by atoms with E-state index < -0.39 is 0 Å². The molecule has 0 saturated heterocycles. The van der Waals surface area contributed by atoms with Gasteiger partial charge in [0.15, 0.2) is 0 Å². The number of hydrogen-bond acceptors (Lipinski definition) is 4. The molecule has 16 heavy (non-hydrogen) atoms. The number of pyridine rings is 1. The lowest BCUT2D eigenvalue weighted by molar-refractivity contribution is 1.16. The molecule has 0 atom stereocenters. The summed E-state index contributed by atoms with van der Waals surface area (Å²) < 4.78 is 0. The summed E-state index contributed by atoms with van der Waals surface area (Å²) in [7, 11) is 1.74. The van der Waals surface area contributed by atoms with Crippen LogP contribution >= 0.6 is 23.2 Å². The number of nitrogens with one attached hydrogen (secondary N) is 1. The average Bonchev–Trinajstić information content (AvgIpc) is 2.30. The largest absolute Gasteiger partial charge is 0.372 e. The van der Waals surface area contributed by atoms with Crippen molar-refractivity contribution in [1.29, 1.82) is 0 Å². The standard InChI is InChI=1S/C10H8Cl2N4/c1-13-10-8(12)2-7(11)9(16-10)6-3-14-5-15-4-6/h2-5H,1H3,(H,13,16). The summed E-state index contributed by atoms with van der Waals surface area (Å²) in [6, 6.07) is 1.64. The molecular weight excluding hydrogens is 247 g/mol. The molecule has 0 aromatic carbocycles. The Hall–Kier alpha value is -1.39. The van der Waals surface area contributed by atoms with Gasteiger partial charge in [0.1, 0.15) is 12.1 Å². The number of aromatic nitrogens is 3. The predicted octanol–water partition coefficient (Wildman–Crippen LogP) is 2.89. The van der Waals surface area contributed by atoms with Crippen LogP contribution in [-0.2, 0) is 0 Å². The second-order valence-electron chi connectivity index (χ2n) is 3.03. The van der Waals surface area contributed by atoms with Gasteiger partial charge in [-0.3, -0.25) is 0 Å². The minimum atomic E-state index is 0.471. The molecule has 6 heteroatoms. The van der Waals surface area contributed by atoms with Crippen molar-refractivity contribution in [2.45, 2.75) is 0 Å². The number of anilines is 1. The lowest BCUT2D eigenvalue weighted by atomic mass is 10.2. The van der Waals surface area contributed by atoms with Crippen molar-refractivity contribution < 1.29 is 0 Å². The minimum Gasteiger partial charge on any atom is -0.372 e. The van der Waals surface area contributed by atoms with Crippen molar-refractivity contribution >= 4 is 29.0 Å². The smallest absolute Gasteiger partial charge is 0.145 e. The SMILES string of the molecule is CNc1nc(-c2cncnc2)c(Cl)cc1Cl. The van der Waals surface area contributed by atoms with Gasteiger partial charge in [0.05, 0.1) is 15.7 Å². The third-order valence-electron chi connectivity index (χ3n) is 2.00. The van der Waals surface area contributed by atoms with Gasteiger partial charge in [-0.15, -0.1) is 0 Å². The van der Waals surface area contributed by atoms with Crippen LogP contribution in [-0.4, -0.2) is 22.0 Å². The molecule has 0 aliphatic carbocycles. The Labute approximate surface area is 103 Å². The van der Waals surface area contributed by atoms with Crippen molar-refractivity contribution in [3.05, 3.63) is 34.8 Å². The zero-order chi connectivity index (χ0) is 11.5. The van der Waals surface area contributed by atoms with Gasteiger partial charge in [-0.1, -0.05) is 23.2 Å². The van der Waals surface area contributed by atoms with E-state index in [0.29, 0.717) is 21.6 Å². The predicted molar refractivity (Wildman–Crippen MR) is 64.8 cm³/mol. The quantitative estimate of drug-likeness (QED) is 0.896. The van der Waals surface area contributed by atoms with E-state index in [4.69, 9.17) is 23.2 Å². The number of halogens is 2. The molecule has 0 aliphatic rings. The van der Waals surface area contributed by atoms with Gasteiger partial charge >= 0.3 is 0 Å². The van der Waals surface area contributed by atoms with Crippen LogP contribution in [0.5, 0.6) is 0 Å². The third-order valence-corrected chi connectivity index (χ3v) is 2.58. The van der Waals surface area contributed by atoms with Gasteiger partial charge in [0.25, 0.3) is 0 Å². The van der Waals surface area contributed by atoms with Gasteiger partial charge in [0, 0.05) is 25.0 Å². The van der Waals surface area contributed by atoms with Crippen molar-refractivity contribution in [1.82, 2.24) is 15.0 Å². The molecule has 0 radical (unpaired) electrons. The summed E-state index contributed by atoms with van der Waals surface area (Å²) >= 11 is 12.0. The molecule has 2 aromatic heterocycles. The first-order chi connectivity index (χ1) is 7.72. The normalized spacial score (nSPS) is 10.2. The van der Waals surface area contributed by atoms with Gasteiger partial charge in [-0.25, -0.2) is 15.0 Å². The van der Waals surface area contributed by atoms with Crippen LogP contribution in [0, 0.1) is 0 Å². The molecule has 2 aromatic rings. The van der Waals surface area contributed by atoms with Crippen LogP contribution in [0.3, 0.4) is 0 Å². The lowest BCUT2D eigenvalue weighted by Gasteiger charge is -2.07. The van der Waals surface area contributed by atoms with Crippen molar-refractivity contribution in [2.24, 2.45) is 0 Å². The molecule has 82 valence electrons. The van der Waals surface area contributed by atoms with E-state index in [0.717, 1.165) is 5.56 Å². The summed E-state index contributed by atoms with van der Waals surface area (Å²) in [4.78, 5) is 12.1. The van der Waals surface area contributed by atoms with Crippen LogP contribution in [0.25, 0.3) is 11.3 Å². The molecule has 0 amide bonds. The van der Waals surface area contributed by atoms with Crippen molar-refractivity contribution in [2.75, 3.05) is 12.4 Å². The Morgan fingerprint density at radius 2 is 1.81 bits per heavy atom. The monoisotopic (exact) mass is 254 g/mol. The first-order valence-electron chi connectivity index (χ1n) is 4.51. The Balaban J connectivity index is 2.57. The summed E-state index contributed by atoms with van der Waals surface area (Å²) in [5, 5.41) is 3.84. The Morgan fingerprint density at radius 3 is 2.44 bits per heavy atom. The highest BCUT2D eigenvalue weighted by Gasteiger charge is 2.10. The summed E-state index contributed by atoms with van der Waals surface area (Å²) in [5.41, 5.74) is 1.36. The van der Waals surface area contributed by atoms with E-state index in [2.05, 4.69) is 20.3 Å². The number of hydrogen-bond donors (Lipinski definition) is 1. The molecule has 4 nitrogen and oxygen atoms in total. The minimum absolute atomic E-state index is 0.471. The molecule has 0 saturated carbocycles. The highest BCUT2D eigenvalue weighted by atomic mass is 35.5. The second-order valence-corrected chi connectivity index (χ2v) is 3.84. The summed E-state index contributed by atoms with van der Waals surface area (Å²) in [6.45, 7) is 0. The van der Waals surface area contributed by atoms with E-state index in [1.807, 2.05) is 0 Å². The molecule has 0 unspecified atom stereocenters. The van der Waals surface area contributed by atoms with Gasteiger partial charge in [0.2, 0.25) is 0 Å². The van der Waals surface area contributed by atoms with Crippen molar-refractivity contribution in [3.8, 4) is 11.3 Å². The summed E-state index contributed by atoms with van der Waals surface area (Å²) in [6.07, 6.45) is 4.75. The highest BCUT2D eigenvalue weighted by Crippen LogP contribution is 2.31. The third kappa shape index (κ3) is 2.08. The van der Waals surface area contributed by atoms with E-state index >= 15 is 0 Å². The maximum atomic E-state index is 6.06. The zero-order valence-electron chi connectivity index (χ0n) is 8.41. The van der Waals surface area contributed by atoms with E-state index in [-0.39, 0.29) is 0 Å². The van der Waals surface area contributed by atoms with Crippen molar-refractivity contribution in [3.63, 3.8) is 0 Å². The first kappa shape index (κ1) is 11.1. The average molecular weight is 255 g/mol. The molecule has 0 fully saturated rings. The summed E-state index contributed by atoms with van der Waals surface area (Å²) in [5.74, 6) is 0.574.